The SMILES string of the molecule is Cc1ccc(CN2CCCC(CCBr)C2)cc1. The number of halogens is 1. The van der Waals surface area contributed by atoms with Gasteiger partial charge in [0, 0.05) is 18.4 Å². The van der Waals surface area contributed by atoms with Crippen LogP contribution in [0.4, 0.5) is 0 Å². The fourth-order valence-corrected chi connectivity index (χ4v) is 3.28. The van der Waals surface area contributed by atoms with Crippen LogP contribution in [0, 0.1) is 12.8 Å². The summed E-state index contributed by atoms with van der Waals surface area (Å²) in [4.78, 5) is 2.61. The summed E-state index contributed by atoms with van der Waals surface area (Å²) in [7, 11) is 0. The largest absolute Gasteiger partial charge is 0.299 e. The van der Waals surface area contributed by atoms with Gasteiger partial charge in [0.15, 0.2) is 0 Å². The van der Waals surface area contributed by atoms with E-state index in [1.54, 1.807) is 0 Å². The number of hydrogen-bond donors (Lipinski definition) is 0. The molecule has 0 spiro atoms. The van der Waals surface area contributed by atoms with Crippen molar-refractivity contribution in [2.45, 2.75) is 32.7 Å². The fraction of sp³-hybridized carbons (Fsp3) is 0.600. The van der Waals surface area contributed by atoms with E-state index in [4.69, 9.17) is 0 Å². The summed E-state index contributed by atoms with van der Waals surface area (Å²) in [6.07, 6.45) is 4.10. The number of hydrogen-bond acceptors (Lipinski definition) is 1. The van der Waals surface area contributed by atoms with Crippen molar-refractivity contribution in [1.82, 2.24) is 4.90 Å². The van der Waals surface area contributed by atoms with E-state index >= 15 is 0 Å². The van der Waals surface area contributed by atoms with Gasteiger partial charge in [-0.1, -0.05) is 45.8 Å². The van der Waals surface area contributed by atoms with Crippen molar-refractivity contribution in [3.63, 3.8) is 0 Å². The first-order chi connectivity index (χ1) is 8.28. The third-order valence-corrected chi connectivity index (χ3v) is 4.11. The van der Waals surface area contributed by atoms with Crippen LogP contribution in [-0.2, 0) is 6.54 Å². The van der Waals surface area contributed by atoms with Crippen molar-refractivity contribution in [3.8, 4) is 0 Å². The second-order valence-corrected chi connectivity index (χ2v) is 6.00. The summed E-state index contributed by atoms with van der Waals surface area (Å²) in [5, 5.41) is 1.15. The number of benzene rings is 1. The molecule has 0 amide bonds. The van der Waals surface area contributed by atoms with Gasteiger partial charge in [-0.3, -0.25) is 4.90 Å². The molecule has 0 bridgehead atoms. The van der Waals surface area contributed by atoms with Crippen LogP contribution in [0.25, 0.3) is 0 Å². The first-order valence-corrected chi connectivity index (χ1v) is 7.74. The van der Waals surface area contributed by atoms with Crippen LogP contribution in [0.2, 0.25) is 0 Å². The summed E-state index contributed by atoms with van der Waals surface area (Å²) in [6, 6.07) is 8.97. The Hall–Kier alpha value is -0.340. The van der Waals surface area contributed by atoms with Gasteiger partial charge in [0.25, 0.3) is 0 Å². The predicted molar refractivity (Wildman–Crippen MR) is 77.6 cm³/mol. The minimum Gasteiger partial charge on any atom is -0.299 e. The molecular weight excluding hydrogens is 274 g/mol. The molecule has 0 N–H and O–H groups in total. The van der Waals surface area contributed by atoms with Crippen LogP contribution in [0.1, 0.15) is 30.4 Å². The molecule has 1 aromatic carbocycles. The normalized spacial score (nSPS) is 21.6. The zero-order valence-corrected chi connectivity index (χ0v) is 12.2. The molecule has 2 rings (SSSR count). The highest BCUT2D eigenvalue weighted by atomic mass is 79.9. The van der Waals surface area contributed by atoms with Crippen molar-refractivity contribution >= 4 is 15.9 Å². The molecule has 1 fully saturated rings. The maximum Gasteiger partial charge on any atom is 0.0233 e. The molecule has 1 unspecified atom stereocenters. The van der Waals surface area contributed by atoms with Crippen LogP contribution < -0.4 is 0 Å². The summed E-state index contributed by atoms with van der Waals surface area (Å²) >= 11 is 3.56. The Kier molecular flexibility index (Phi) is 5.05. The summed E-state index contributed by atoms with van der Waals surface area (Å²) in [5.74, 6) is 0.897. The zero-order valence-electron chi connectivity index (χ0n) is 10.7. The average molecular weight is 296 g/mol. The van der Waals surface area contributed by atoms with Crippen molar-refractivity contribution in [3.05, 3.63) is 35.4 Å². The third kappa shape index (κ3) is 4.11. The smallest absolute Gasteiger partial charge is 0.0233 e. The first-order valence-electron chi connectivity index (χ1n) is 6.62. The Morgan fingerprint density at radius 2 is 2.06 bits per heavy atom. The number of nitrogens with zero attached hydrogens (tertiary/aromatic N) is 1. The number of piperidine rings is 1. The van der Waals surface area contributed by atoms with Crippen molar-refractivity contribution < 1.29 is 0 Å². The predicted octanol–water partition coefficient (Wildman–Crippen LogP) is 3.99. The quantitative estimate of drug-likeness (QED) is 0.759. The summed E-state index contributed by atoms with van der Waals surface area (Å²) in [6.45, 7) is 5.82. The highest BCUT2D eigenvalue weighted by Gasteiger charge is 2.19. The van der Waals surface area contributed by atoms with Crippen molar-refractivity contribution in [2.24, 2.45) is 5.92 Å². The van der Waals surface area contributed by atoms with E-state index in [0.29, 0.717) is 0 Å². The van der Waals surface area contributed by atoms with Gasteiger partial charge < -0.3 is 0 Å². The molecule has 1 aromatic rings. The first kappa shape index (κ1) is 13.1. The van der Waals surface area contributed by atoms with Gasteiger partial charge in [-0.25, -0.2) is 0 Å². The molecular formula is C15H22BrN. The Labute approximate surface area is 113 Å². The molecule has 1 atom stereocenters. The molecule has 1 aliphatic rings. The molecule has 17 heavy (non-hydrogen) atoms. The average Bonchev–Trinajstić information content (AvgIpc) is 2.33. The standard InChI is InChI=1S/C15H22BrN/c1-13-4-6-15(7-5-13)12-17-10-2-3-14(11-17)8-9-16/h4-7,14H,2-3,8-12H2,1H3. The van der Waals surface area contributed by atoms with Gasteiger partial charge in [-0.05, 0) is 44.2 Å². The monoisotopic (exact) mass is 295 g/mol. The van der Waals surface area contributed by atoms with Crippen LogP contribution in [0.15, 0.2) is 24.3 Å². The second kappa shape index (κ2) is 6.55. The Morgan fingerprint density at radius 1 is 1.29 bits per heavy atom. The van der Waals surface area contributed by atoms with Gasteiger partial charge in [0.1, 0.15) is 0 Å². The van der Waals surface area contributed by atoms with E-state index < -0.39 is 0 Å². The minimum atomic E-state index is 0.897. The number of likely N-dealkylation sites (tertiary alicyclic amines) is 1. The molecule has 2 heteroatoms. The van der Waals surface area contributed by atoms with E-state index in [2.05, 4.69) is 52.0 Å². The number of alkyl halides is 1. The third-order valence-electron chi connectivity index (χ3n) is 3.65. The van der Waals surface area contributed by atoms with E-state index in [1.165, 1.54) is 43.5 Å². The lowest BCUT2D eigenvalue weighted by Gasteiger charge is -2.32. The van der Waals surface area contributed by atoms with E-state index in [-0.39, 0.29) is 0 Å². The number of aryl methyl sites for hydroxylation is 1. The number of rotatable bonds is 4. The molecule has 0 aliphatic carbocycles. The Bertz CT molecular complexity index is 331. The highest BCUT2D eigenvalue weighted by molar-refractivity contribution is 9.09. The van der Waals surface area contributed by atoms with E-state index in [0.717, 1.165) is 17.8 Å². The van der Waals surface area contributed by atoms with Crippen molar-refractivity contribution in [2.75, 3.05) is 18.4 Å². The minimum absolute atomic E-state index is 0.897. The van der Waals surface area contributed by atoms with Crippen LogP contribution in [0.5, 0.6) is 0 Å². The van der Waals surface area contributed by atoms with Gasteiger partial charge in [0.2, 0.25) is 0 Å². The van der Waals surface area contributed by atoms with E-state index in [1.807, 2.05) is 0 Å². The molecule has 94 valence electrons. The lowest BCUT2D eigenvalue weighted by Crippen LogP contribution is -2.35. The van der Waals surface area contributed by atoms with Gasteiger partial charge in [0.05, 0.1) is 0 Å². The zero-order chi connectivity index (χ0) is 12.1. The molecule has 0 saturated carbocycles. The Balaban J connectivity index is 1.87. The topological polar surface area (TPSA) is 3.24 Å². The van der Waals surface area contributed by atoms with Gasteiger partial charge >= 0.3 is 0 Å². The maximum absolute atomic E-state index is 3.56. The lowest BCUT2D eigenvalue weighted by atomic mass is 9.95. The summed E-state index contributed by atoms with van der Waals surface area (Å²) < 4.78 is 0. The van der Waals surface area contributed by atoms with Crippen LogP contribution >= 0.6 is 15.9 Å². The molecule has 1 nitrogen and oxygen atoms in total. The van der Waals surface area contributed by atoms with Crippen LogP contribution in [0.3, 0.4) is 0 Å². The molecule has 1 saturated heterocycles. The highest BCUT2D eigenvalue weighted by Crippen LogP contribution is 2.21. The molecule has 0 aromatic heterocycles. The van der Waals surface area contributed by atoms with Gasteiger partial charge in [-0.2, -0.15) is 0 Å². The van der Waals surface area contributed by atoms with Crippen molar-refractivity contribution in [1.29, 1.82) is 0 Å². The maximum atomic E-state index is 3.56. The van der Waals surface area contributed by atoms with Gasteiger partial charge in [-0.15, -0.1) is 0 Å². The van der Waals surface area contributed by atoms with Crippen LogP contribution in [-0.4, -0.2) is 23.3 Å². The molecule has 1 heterocycles. The fourth-order valence-electron chi connectivity index (χ4n) is 2.64. The molecule has 1 aliphatic heterocycles. The lowest BCUT2D eigenvalue weighted by molar-refractivity contribution is 0.165. The summed E-state index contributed by atoms with van der Waals surface area (Å²) in [5.41, 5.74) is 2.81. The van der Waals surface area contributed by atoms with E-state index in [9.17, 15) is 0 Å². The molecule has 0 radical (unpaired) electrons. The second-order valence-electron chi connectivity index (χ2n) is 5.21. The Morgan fingerprint density at radius 3 is 2.76 bits per heavy atom.